The number of thiazole rings is 1. The van der Waals surface area contributed by atoms with Crippen LogP contribution in [-0.4, -0.2) is 15.0 Å². The molecule has 0 saturated heterocycles. The predicted molar refractivity (Wildman–Crippen MR) is 79.2 cm³/mol. The highest BCUT2D eigenvalue weighted by molar-refractivity contribution is 7.81. The minimum atomic E-state index is 0.616. The second-order valence-electron chi connectivity index (χ2n) is 3.70. The van der Waals surface area contributed by atoms with Crippen molar-refractivity contribution >= 4 is 44.4 Å². The third-order valence-electron chi connectivity index (χ3n) is 2.49. The number of nitrogens with one attached hydrogen (secondary N) is 1. The normalized spacial score (nSPS) is 10.4. The maximum absolute atomic E-state index is 5.31. The van der Waals surface area contributed by atoms with E-state index in [2.05, 4.69) is 15.3 Å². The number of hydrogen-bond donors (Lipinski definition) is 1. The average Bonchev–Trinajstić information content (AvgIpc) is 2.87. The number of rotatable bonds is 2. The fourth-order valence-corrected chi connectivity index (χ4v) is 2.53. The van der Waals surface area contributed by atoms with Crippen molar-refractivity contribution in [1.82, 2.24) is 9.97 Å². The smallest absolute Gasteiger partial charge is 0.129 e. The van der Waals surface area contributed by atoms with Gasteiger partial charge in [0.2, 0.25) is 0 Å². The zero-order valence-corrected chi connectivity index (χ0v) is 11.0. The summed E-state index contributed by atoms with van der Waals surface area (Å²) >= 11 is 6.94. The van der Waals surface area contributed by atoms with Crippen molar-refractivity contribution in [3.05, 3.63) is 53.8 Å². The van der Waals surface area contributed by atoms with E-state index in [9.17, 15) is 0 Å². The highest BCUT2D eigenvalue weighted by atomic mass is 32.1. The zero-order chi connectivity index (χ0) is 12.4. The quantitative estimate of drug-likeness (QED) is 0.724. The van der Waals surface area contributed by atoms with Crippen molar-refractivity contribution in [3.63, 3.8) is 0 Å². The number of nitrogens with zero attached hydrogens (tertiary/aromatic N) is 2. The molecular weight excluding hydrogens is 262 g/mol. The lowest BCUT2D eigenvalue weighted by Crippen LogP contribution is -2.11. The molecule has 5 heteroatoms. The van der Waals surface area contributed by atoms with Gasteiger partial charge in [-0.1, -0.05) is 18.3 Å². The van der Waals surface area contributed by atoms with Crippen LogP contribution >= 0.6 is 23.6 Å². The number of aromatic nitrogens is 2. The Bertz CT molecular complexity index is 692. The number of hydrogen-bond acceptors (Lipinski definition) is 4. The topological polar surface area (TPSA) is 37.8 Å². The lowest BCUT2D eigenvalue weighted by Gasteiger charge is -2.06. The summed E-state index contributed by atoms with van der Waals surface area (Å²) in [6, 6.07) is 11.7. The van der Waals surface area contributed by atoms with Gasteiger partial charge in [0.05, 0.1) is 21.4 Å². The molecule has 0 amide bonds. The molecule has 0 atom stereocenters. The lowest BCUT2D eigenvalue weighted by molar-refractivity contribution is 1.30. The van der Waals surface area contributed by atoms with Crippen molar-refractivity contribution < 1.29 is 0 Å². The molecule has 1 N–H and O–H groups in total. The fraction of sp³-hybridized carbons (Fsp3) is 0. The highest BCUT2D eigenvalue weighted by Crippen LogP contribution is 2.21. The first kappa shape index (κ1) is 11.3. The summed E-state index contributed by atoms with van der Waals surface area (Å²) in [6.45, 7) is 0. The van der Waals surface area contributed by atoms with Gasteiger partial charge in [-0.2, -0.15) is 0 Å². The predicted octanol–water partition coefficient (Wildman–Crippen LogP) is 3.48. The van der Waals surface area contributed by atoms with Crippen LogP contribution in [0.4, 0.5) is 5.69 Å². The standard InChI is InChI=1S/C13H9N3S2/c17-13(10-3-1-2-6-14-10)16-9-4-5-12-11(7-9)15-8-18-12/h1-8H,(H,16,17). The molecule has 0 aliphatic carbocycles. The van der Waals surface area contributed by atoms with Crippen molar-refractivity contribution in [1.29, 1.82) is 0 Å². The third-order valence-corrected chi connectivity index (χ3v) is 3.61. The van der Waals surface area contributed by atoms with Gasteiger partial charge < -0.3 is 5.32 Å². The molecule has 0 saturated carbocycles. The first-order valence-corrected chi connectivity index (χ1v) is 6.67. The second-order valence-corrected chi connectivity index (χ2v) is 5.00. The zero-order valence-electron chi connectivity index (χ0n) is 9.33. The fourth-order valence-electron chi connectivity index (χ4n) is 1.63. The summed E-state index contributed by atoms with van der Waals surface area (Å²) in [6.07, 6.45) is 1.73. The van der Waals surface area contributed by atoms with Crippen molar-refractivity contribution in [2.24, 2.45) is 0 Å². The molecule has 0 bridgehead atoms. The molecule has 0 aliphatic rings. The molecular formula is C13H9N3S2. The van der Waals surface area contributed by atoms with Crippen molar-refractivity contribution in [2.75, 3.05) is 5.32 Å². The molecule has 0 aliphatic heterocycles. The molecule has 0 fully saturated rings. The van der Waals surface area contributed by atoms with Crippen molar-refractivity contribution in [2.45, 2.75) is 0 Å². The van der Waals surface area contributed by atoms with Crippen LogP contribution in [0.25, 0.3) is 10.2 Å². The van der Waals surface area contributed by atoms with Gasteiger partial charge >= 0.3 is 0 Å². The maximum atomic E-state index is 5.31. The Morgan fingerprint density at radius 2 is 2.11 bits per heavy atom. The van der Waals surface area contributed by atoms with E-state index in [0.29, 0.717) is 4.99 Å². The molecule has 0 unspecified atom stereocenters. The summed E-state index contributed by atoms with van der Waals surface area (Å²) in [5.74, 6) is 0. The summed E-state index contributed by atoms with van der Waals surface area (Å²) in [5.41, 5.74) is 4.52. The third kappa shape index (κ3) is 2.23. The Balaban J connectivity index is 1.86. The molecule has 2 heterocycles. The van der Waals surface area contributed by atoms with Gasteiger partial charge in [-0.15, -0.1) is 11.3 Å². The lowest BCUT2D eigenvalue weighted by atomic mass is 10.3. The summed E-state index contributed by atoms with van der Waals surface area (Å²) in [4.78, 5) is 9.10. The van der Waals surface area contributed by atoms with Crippen LogP contribution in [0.5, 0.6) is 0 Å². The Labute approximate surface area is 114 Å². The number of anilines is 1. The van der Waals surface area contributed by atoms with E-state index in [1.54, 1.807) is 17.5 Å². The summed E-state index contributed by atoms with van der Waals surface area (Å²) in [7, 11) is 0. The highest BCUT2D eigenvalue weighted by Gasteiger charge is 2.03. The van der Waals surface area contributed by atoms with Crippen LogP contribution in [0.1, 0.15) is 5.69 Å². The minimum absolute atomic E-state index is 0.616. The Morgan fingerprint density at radius 1 is 1.17 bits per heavy atom. The van der Waals surface area contributed by atoms with E-state index in [1.165, 1.54) is 4.70 Å². The van der Waals surface area contributed by atoms with E-state index >= 15 is 0 Å². The maximum Gasteiger partial charge on any atom is 0.129 e. The first-order valence-electron chi connectivity index (χ1n) is 5.38. The summed E-state index contributed by atoms with van der Waals surface area (Å²) in [5, 5.41) is 3.17. The summed E-state index contributed by atoms with van der Waals surface area (Å²) < 4.78 is 1.17. The molecule has 88 valence electrons. The van der Waals surface area contributed by atoms with Crippen LogP contribution in [0, 0.1) is 0 Å². The van der Waals surface area contributed by atoms with Crippen LogP contribution in [-0.2, 0) is 0 Å². The van der Waals surface area contributed by atoms with Gasteiger partial charge in [-0.3, -0.25) is 4.98 Å². The molecule has 3 rings (SSSR count). The largest absolute Gasteiger partial charge is 0.345 e. The van der Waals surface area contributed by atoms with E-state index in [1.807, 2.05) is 41.9 Å². The Morgan fingerprint density at radius 3 is 2.94 bits per heavy atom. The molecule has 2 aromatic heterocycles. The van der Waals surface area contributed by atoms with Gasteiger partial charge in [0.25, 0.3) is 0 Å². The van der Waals surface area contributed by atoms with Crippen molar-refractivity contribution in [3.8, 4) is 0 Å². The molecule has 0 spiro atoms. The van der Waals surface area contributed by atoms with Gasteiger partial charge in [-0.25, -0.2) is 4.98 Å². The molecule has 3 nitrogen and oxygen atoms in total. The average molecular weight is 271 g/mol. The van der Waals surface area contributed by atoms with Crippen LogP contribution in [0.3, 0.4) is 0 Å². The minimum Gasteiger partial charge on any atom is -0.345 e. The van der Waals surface area contributed by atoms with Crippen LogP contribution < -0.4 is 5.32 Å². The van der Waals surface area contributed by atoms with Crippen LogP contribution in [0.2, 0.25) is 0 Å². The Hall–Kier alpha value is -1.85. The molecule has 18 heavy (non-hydrogen) atoms. The van der Waals surface area contributed by atoms with Gasteiger partial charge in [0.15, 0.2) is 0 Å². The number of benzene rings is 1. The first-order chi connectivity index (χ1) is 8.83. The van der Waals surface area contributed by atoms with E-state index in [-0.39, 0.29) is 0 Å². The van der Waals surface area contributed by atoms with E-state index in [0.717, 1.165) is 16.9 Å². The van der Waals surface area contributed by atoms with E-state index < -0.39 is 0 Å². The van der Waals surface area contributed by atoms with E-state index in [4.69, 9.17) is 12.2 Å². The molecule has 1 aromatic carbocycles. The SMILES string of the molecule is S=C(Nc1ccc2scnc2c1)c1ccccn1. The van der Waals surface area contributed by atoms with Crippen LogP contribution in [0.15, 0.2) is 48.1 Å². The van der Waals surface area contributed by atoms with Gasteiger partial charge in [-0.05, 0) is 30.3 Å². The molecule has 0 radical (unpaired) electrons. The van der Waals surface area contributed by atoms with Gasteiger partial charge in [0.1, 0.15) is 4.99 Å². The van der Waals surface area contributed by atoms with Gasteiger partial charge in [0, 0.05) is 11.9 Å². The number of fused-ring (bicyclic) bond motifs is 1. The second kappa shape index (κ2) is 4.80. The number of pyridine rings is 1. The molecule has 3 aromatic rings. The monoisotopic (exact) mass is 271 g/mol. The number of thiocarbonyl (C=S) groups is 1. The Kier molecular flexibility index (Phi) is 3.00.